The van der Waals surface area contributed by atoms with Gasteiger partial charge in [0.2, 0.25) is 0 Å². The van der Waals surface area contributed by atoms with Crippen molar-refractivity contribution in [3.63, 3.8) is 0 Å². The average Bonchev–Trinajstić information content (AvgIpc) is 3.12. The minimum atomic E-state index is -1.04. The van der Waals surface area contributed by atoms with Crippen molar-refractivity contribution in [1.29, 1.82) is 0 Å². The molecule has 0 unspecified atom stereocenters. The topological polar surface area (TPSA) is 96.3 Å². The van der Waals surface area contributed by atoms with E-state index in [4.69, 9.17) is 9.84 Å². The number of carboxylic acid groups (broad SMARTS) is 1. The number of amides is 1. The fourth-order valence-electron chi connectivity index (χ4n) is 3.50. The molecule has 0 atom stereocenters. The SMILES string of the molecule is COc1cc(/C=C2\C(=O)N(c3ccc(C(=O)O)cc3)N=C2C)ccc1C(=O)c1ccccc1. The number of methoxy groups -OCH3 is 1. The van der Waals surface area contributed by atoms with Crippen molar-refractivity contribution in [3.8, 4) is 5.75 Å². The molecule has 0 fully saturated rings. The summed E-state index contributed by atoms with van der Waals surface area (Å²) in [5, 5.41) is 14.6. The number of aromatic carboxylic acids is 1. The second-order valence-electron chi connectivity index (χ2n) is 7.37. The van der Waals surface area contributed by atoms with Crippen molar-refractivity contribution >= 4 is 35.1 Å². The van der Waals surface area contributed by atoms with Crippen LogP contribution in [0.4, 0.5) is 5.69 Å². The minimum absolute atomic E-state index is 0.124. The number of hydrogen-bond donors (Lipinski definition) is 1. The molecule has 0 spiro atoms. The largest absolute Gasteiger partial charge is 0.496 e. The molecule has 4 rings (SSSR count). The third kappa shape index (κ3) is 4.29. The summed E-state index contributed by atoms with van der Waals surface area (Å²) in [5.41, 5.74) is 3.16. The van der Waals surface area contributed by atoms with Crippen LogP contribution in [-0.2, 0) is 4.79 Å². The molecule has 164 valence electrons. The highest BCUT2D eigenvalue weighted by atomic mass is 16.5. The first-order valence-corrected chi connectivity index (χ1v) is 10.1. The van der Waals surface area contributed by atoms with Crippen LogP contribution in [0.15, 0.2) is 83.5 Å². The Kier molecular flexibility index (Phi) is 5.87. The van der Waals surface area contributed by atoms with E-state index < -0.39 is 5.97 Å². The van der Waals surface area contributed by atoms with Crippen LogP contribution < -0.4 is 9.75 Å². The highest BCUT2D eigenvalue weighted by molar-refractivity contribution is 6.32. The van der Waals surface area contributed by atoms with E-state index in [1.807, 2.05) is 6.07 Å². The summed E-state index contributed by atoms with van der Waals surface area (Å²) >= 11 is 0. The highest BCUT2D eigenvalue weighted by Gasteiger charge is 2.29. The number of hydrazone groups is 1. The summed E-state index contributed by atoms with van der Waals surface area (Å²) < 4.78 is 5.44. The maximum absolute atomic E-state index is 13.0. The molecule has 33 heavy (non-hydrogen) atoms. The Morgan fingerprint density at radius 1 is 0.970 bits per heavy atom. The lowest BCUT2D eigenvalue weighted by Gasteiger charge is -2.12. The van der Waals surface area contributed by atoms with Crippen molar-refractivity contribution in [2.24, 2.45) is 5.10 Å². The molecule has 1 heterocycles. The van der Waals surface area contributed by atoms with Crippen LogP contribution >= 0.6 is 0 Å². The van der Waals surface area contributed by atoms with Gasteiger partial charge in [0.05, 0.1) is 35.2 Å². The molecule has 0 saturated heterocycles. The van der Waals surface area contributed by atoms with Gasteiger partial charge in [-0.3, -0.25) is 9.59 Å². The molecule has 3 aromatic carbocycles. The van der Waals surface area contributed by atoms with E-state index in [2.05, 4.69) is 5.10 Å². The number of carbonyl (C=O) groups excluding carboxylic acids is 2. The number of hydrogen-bond acceptors (Lipinski definition) is 5. The molecule has 0 saturated carbocycles. The van der Waals surface area contributed by atoms with Crippen molar-refractivity contribution in [3.05, 3.63) is 101 Å². The van der Waals surface area contributed by atoms with Crippen LogP contribution in [0, 0.1) is 0 Å². The Morgan fingerprint density at radius 3 is 2.30 bits per heavy atom. The second-order valence-corrected chi connectivity index (χ2v) is 7.37. The molecule has 0 bridgehead atoms. The summed E-state index contributed by atoms with van der Waals surface area (Å²) in [6.45, 7) is 1.72. The summed E-state index contributed by atoms with van der Waals surface area (Å²) in [4.78, 5) is 36.9. The predicted octanol–water partition coefficient (Wildman–Crippen LogP) is 4.43. The highest BCUT2D eigenvalue weighted by Crippen LogP contribution is 2.28. The van der Waals surface area contributed by atoms with E-state index in [1.165, 1.54) is 36.4 Å². The van der Waals surface area contributed by atoms with Gasteiger partial charge in [0.15, 0.2) is 5.78 Å². The van der Waals surface area contributed by atoms with Crippen LogP contribution in [0.1, 0.15) is 38.8 Å². The van der Waals surface area contributed by atoms with Crippen LogP contribution in [0.2, 0.25) is 0 Å². The zero-order valence-electron chi connectivity index (χ0n) is 18.0. The molecule has 0 aromatic heterocycles. The molecule has 7 heteroatoms. The predicted molar refractivity (Wildman–Crippen MR) is 125 cm³/mol. The van der Waals surface area contributed by atoms with E-state index >= 15 is 0 Å². The summed E-state index contributed by atoms with van der Waals surface area (Å²) in [7, 11) is 1.49. The van der Waals surface area contributed by atoms with E-state index in [0.29, 0.717) is 39.4 Å². The van der Waals surface area contributed by atoms with Crippen LogP contribution in [-0.4, -0.2) is 35.6 Å². The van der Waals surface area contributed by atoms with Gasteiger partial charge in [-0.2, -0.15) is 10.1 Å². The molecule has 0 aliphatic carbocycles. The Balaban J connectivity index is 1.62. The van der Waals surface area contributed by atoms with Gasteiger partial charge in [-0.15, -0.1) is 0 Å². The fraction of sp³-hybridized carbons (Fsp3) is 0.0769. The normalized spacial score (nSPS) is 14.4. The van der Waals surface area contributed by atoms with Crippen molar-refractivity contribution in [2.45, 2.75) is 6.92 Å². The zero-order valence-corrected chi connectivity index (χ0v) is 18.0. The summed E-state index contributed by atoms with van der Waals surface area (Å²) in [5.74, 6) is -1.13. The molecule has 1 N–H and O–H groups in total. The van der Waals surface area contributed by atoms with Gasteiger partial charge in [-0.25, -0.2) is 4.79 Å². The number of ketones is 1. The maximum atomic E-state index is 13.0. The Morgan fingerprint density at radius 2 is 1.67 bits per heavy atom. The third-order valence-corrected chi connectivity index (χ3v) is 5.24. The van der Waals surface area contributed by atoms with Gasteiger partial charge in [0.1, 0.15) is 5.75 Å². The van der Waals surface area contributed by atoms with Crippen LogP contribution in [0.5, 0.6) is 5.75 Å². The monoisotopic (exact) mass is 440 g/mol. The number of benzene rings is 3. The number of rotatable bonds is 6. The van der Waals surface area contributed by atoms with Gasteiger partial charge in [-0.05, 0) is 55.0 Å². The van der Waals surface area contributed by atoms with E-state index in [0.717, 1.165) is 0 Å². The minimum Gasteiger partial charge on any atom is -0.496 e. The van der Waals surface area contributed by atoms with Gasteiger partial charge in [0, 0.05) is 5.56 Å². The van der Waals surface area contributed by atoms with Gasteiger partial charge >= 0.3 is 5.97 Å². The number of carboxylic acids is 1. The molecule has 3 aromatic rings. The first kappa shape index (κ1) is 21.7. The lowest BCUT2D eigenvalue weighted by molar-refractivity contribution is -0.114. The van der Waals surface area contributed by atoms with Crippen molar-refractivity contribution in [2.75, 3.05) is 12.1 Å². The molecular formula is C26H20N2O5. The number of ether oxygens (including phenoxy) is 1. The Labute approximate surface area is 190 Å². The first-order valence-electron chi connectivity index (χ1n) is 10.1. The smallest absolute Gasteiger partial charge is 0.335 e. The lowest BCUT2D eigenvalue weighted by Crippen LogP contribution is -2.21. The van der Waals surface area contributed by atoms with Gasteiger partial charge in [0.25, 0.3) is 5.91 Å². The van der Waals surface area contributed by atoms with Crippen molar-refractivity contribution in [1.82, 2.24) is 0 Å². The van der Waals surface area contributed by atoms with Crippen molar-refractivity contribution < 1.29 is 24.2 Å². The number of carbonyl (C=O) groups is 3. The fourth-order valence-corrected chi connectivity index (χ4v) is 3.50. The first-order chi connectivity index (χ1) is 15.9. The average molecular weight is 440 g/mol. The maximum Gasteiger partial charge on any atom is 0.335 e. The van der Waals surface area contributed by atoms with Crippen LogP contribution in [0.3, 0.4) is 0 Å². The van der Waals surface area contributed by atoms with E-state index in [1.54, 1.807) is 55.5 Å². The molecular weight excluding hydrogens is 420 g/mol. The van der Waals surface area contributed by atoms with Gasteiger partial charge in [-0.1, -0.05) is 36.4 Å². The molecule has 1 aliphatic heterocycles. The number of nitrogens with zero attached hydrogens (tertiary/aromatic N) is 2. The van der Waals surface area contributed by atoms with E-state index in [-0.39, 0.29) is 17.3 Å². The molecule has 1 aliphatic rings. The number of anilines is 1. The Hall–Kier alpha value is -4.52. The molecule has 0 radical (unpaired) electrons. The Bertz CT molecular complexity index is 1310. The standard InChI is InChI=1S/C26H20N2O5/c1-16-22(25(30)28(27-16)20-11-9-19(10-12-20)26(31)32)14-17-8-13-21(23(15-17)33-2)24(29)18-6-4-3-5-7-18/h3-15H,1-2H3,(H,31,32)/b22-14-. The third-order valence-electron chi connectivity index (χ3n) is 5.24. The summed E-state index contributed by atoms with van der Waals surface area (Å²) in [6.07, 6.45) is 1.69. The molecule has 7 nitrogen and oxygen atoms in total. The quantitative estimate of drug-likeness (QED) is 0.452. The zero-order chi connectivity index (χ0) is 23.5. The second kappa shape index (κ2) is 8.92. The van der Waals surface area contributed by atoms with Crippen LogP contribution in [0.25, 0.3) is 6.08 Å². The lowest BCUT2D eigenvalue weighted by atomic mass is 9.99. The molecule has 1 amide bonds. The van der Waals surface area contributed by atoms with Gasteiger partial charge < -0.3 is 9.84 Å². The van der Waals surface area contributed by atoms with E-state index in [9.17, 15) is 14.4 Å². The summed E-state index contributed by atoms with van der Waals surface area (Å²) in [6, 6.07) is 20.0.